The van der Waals surface area contributed by atoms with Gasteiger partial charge < -0.3 is 16.8 Å². The molecule has 0 aliphatic heterocycles. The quantitative estimate of drug-likeness (QED) is 0.732. The van der Waals surface area contributed by atoms with Crippen LogP contribution in [0.5, 0.6) is 0 Å². The number of hydrogen-bond acceptors (Lipinski definition) is 3. The van der Waals surface area contributed by atoms with Crippen molar-refractivity contribution < 1.29 is 4.79 Å². The van der Waals surface area contributed by atoms with Crippen LogP contribution in [0.25, 0.3) is 0 Å². The first-order valence-electron chi connectivity index (χ1n) is 7.12. The molecule has 0 unspecified atom stereocenters. The van der Waals surface area contributed by atoms with Crippen LogP contribution in [0.3, 0.4) is 0 Å². The minimum atomic E-state index is -0.416. The van der Waals surface area contributed by atoms with Gasteiger partial charge in [-0.2, -0.15) is 0 Å². The van der Waals surface area contributed by atoms with Crippen molar-refractivity contribution in [3.05, 3.63) is 23.8 Å². The fraction of sp³-hybridized carbons (Fsp3) is 0.533. The fourth-order valence-corrected chi connectivity index (χ4v) is 2.65. The highest BCUT2D eigenvalue weighted by Crippen LogP contribution is 2.25. The first kappa shape index (κ1) is 13.7. The van der Waals surface area contributed by atoms with E-state index in [9.17, 15) is 4.79 Å². The van der Waals surface area contributed by atoms with E-state index < -0.39 is 5.91 Å². The number of primary amides is 1. The van der Waals surface area contributed by atoms with Gasteiger partial charge in [0.25, 0.3) is 0 Å². The van der Waals surface area contributed by atoms with Crippen molar-refractivity contribution in [3.63, 3.8) is 0 Å². The molecule has 5 N–H and O–H groups in total. The molecule has 1 saturated carbocycles. The highest BCUT2D eigenvalue weighted by molar-refractivity contribution is 5.94. The summed E-state index contributed by atoms with van der Waals surface area (Å²) in [5.74, 6) is -0.416. The van der Waals surface area contributed by atoms with Crippen molar-refractivity contribution in [1.29, 1.82) is 0 Å². The average molecular weight is 261 g/mol. The molecular formula is C15H23N3O. The maximum Gasteiger partial charge on any atom is 0.248 e. The third-order valence-corrected chi connectivity index (χ3v) is 3.80. The molecule has 1 aliphatic carbocycles. The number of carbonyl (C=O) groups excluding carboxylic acids is 1. The molecule has 0 saturated heterocycles. The Kier molecular flexibility index (Phi) is 4.66. The zero-order valence-corrected chi connectivity index (χ0v) is 11.3. The van der Waals surface area contributed by atoms with Gasteiger partial charge in [0, 0.05) is 11.6 Å². The lowest BCUT2D eigenvalue weighted by Crippen LogP contribution is -2.22. The summed E-state index contributed by atoms with van der Waals surface area (Å²) in [7, 11) is 0. The number of rotatable bonds is 3. The Balaban J connectivity index is 2.07. The standard InChI is InChI=1S/C15H23N3O/c16-13-9-8-11(15(17)19)10-14(13)18-12-6-4-2-1-3-5-7-12/h8-10,12,18H,1-7,16H2,(H2,17,19). The monoisotopic (exact) mass is 261 g/mol. The summed E-state index contributed by atoms with van der Waals surface area (Å²) in [6.07, 6.45) is 8.83. The van der Waals surface area contributed by atoms with Crippen molar-refractivity contribution in [2.75, 3.05) is 11.1 Å². The van der Waals surface area contributed by atoms with E-state index in [1.54, 1.807) is 18.2 Å². The Morgan fingerprint density at radius 1 is 1.11 bits per heavy atom. The minimum absolute atomic E-state index is 0.416. The van der Waals surface area contributed by atoms with Crippen molar-refractivity contribution in [1.82, 2.24) is 0 Å². The highest BCUT2D eigenvalue weighted by Gasteiger charge is 2.13. The zero-order valence-electron chi connectivity index (χ0n) is 11.3. The molecule has 19 heavy (non-hydrogen) atoms. The summed E-state index contributed by atoms with van der Waals surface area (Å²) in [6, 6.07) is 5.62. The number of amides is 1. The lowest BCUT2D eigenvalue weighted by Gasteiger charge is -2.23. The fourth-order valence-electron chi connectivity index (χ4n) is 2.65. The molecule has 104 valence electrons. The Bertz CT molecular complexity index is 437. The molecule has 0 atom stereocenters. The van der Waals surface area contributed by atoms with Crippen LogP contribution in [-0.4, -0.2) is 11.9 Å². The molecule has 4 heteroatoms. The summed E-state index contributed by atoms with van der Waals surface area (Å²) < 4.78 is 0. The van der Waals surface area contributed by atoms with Crippen LogP contribution in [0.15, 0.2) is 18.2 Å². The minimum Gasteiger partial charge on any atom is -0.397 e. The van der Waals surface area contributed by atoms with E-state index in [0.717, 1.165) is 5.69 Å². The predicted molar refractivity (Wildman–Crippen MR) is 79.1 cm³/mol. The Labute approximate surface area is 114 Å². The van der Waals surface area contributed by atoms with Crippen molar-refractivity contribution in [2.45, 2.75) is 51.0 Å². The molecule has 4 nitrogen and oxygen atoms in total. The van der Waals surface area contributed by atoms with E-state index in [4.69, 9.17) is 11.5 Å². The maximum absolute atomic E-state index is 11.2. The molecule has 0 heterocycles. The average Bonchev–Trinajstić information content (AvgIpc) is 2.34. The SMILES string of the molecule is NC(=O)c1ccc(N)c(NC2CCCCCCC2)c1. The molecule has 1 amide bonds. The van der Waals surface area contributed by atoms with Crippen LogP contribution < -0.4 is 16.8 Å². The summed E-state index contributed by atoms with van der Waals surface area (Å²) in [6.45, 7) is 0. The first-order valence-corrected chi connectivity index (χ1v) is 7.12. The van der Waals surface area contributed by atoms with E-state index in [2.05, 4.69) is 5.32 Å². The van der Waals surface area contributed by atoms with Gasteiger partial charge in [0.2, 0.25) is 5.91 Å². The Morgan fingerprint density at radius 2 is 1.74 bits per heavy atom. The molecule has 1 aromatic rings. The molecular weight excluding hydrogens is 238 g/mol. The number of anilines is 2. The summed E-state index contributed by atoms with van der Waals surface area (Å²) >= 11 is 0. The van der Waals surface area contributed by atoms with E-state index in [0.29, 0.717) is 17.3 Å². The maximum atomic E-state index is 11.2. The van der Waals surface area contributed by atoms with E-state index in [-0.39, 0.29) is 0 Å². The highest BCUT2D eigenvalue weighted by atomic mass is 16.1. The third-order valence-electron chi connectivity index (χ3n) is 3.80. The van der Waals surface area contributed by atoms with Crippen LogP contribution in [0.1, 0.15) is 55.3 Å². The van der Waals surface area contributed by atoms with Crippen molar-refractivity contribution in [2.24, 2.45) is 5.73 Å². The van der Waals surface area contributed by atoms with Crippen LogP contribution >= 0.6 is 0 Å². The second kappa shape index (κ2) is 6.45. The lowest BCUT2D eigenvalue weighted by molar-refractivity contribution is 0.100. The Hall–Kier alpha value is -1.71. The van der Waals surface area contributed by atoms with Crippen LogP contribution in [-0.2, 0) is 0 Å². The van der Waals surface area contributed by atoms with Gasteiger partial charge in [0.05, 0.1) is 11.4 Å². The molecule has 1 aromatic carbocycles. The van der Waals surface area contributed by atoms with Gasteiger partial charge in [0.1, 0.15) is 0 Å². The Morgan fingerprint density at radius 3 is 2.37 bits per heavy atom. The topological polar surface area (TPSA) is 81.1 Å². The van der Waals surface area contributed by atoms with E-state index in [1.807, 2.05) is 0 Å². The lowest BCUT2D eigenvalue weighted by atomic mass is 9.96. The molecule has 1 fully saturated rings. The normalized spacial score (nSPS) is 17.5. The summed E-state index contributed by atoms with van der Waals surface area (Å²) in [4.78, 5) is 11.2. The molecule has 0 aromatic heterocycles. The van der Waals surface area contributed by atoms with Gasteiger partial charge in [-0.25, -0.2) is 0 Å². The number of benzene rings is 1. The number of carbonyl (C=O) groups is 1. The largest absolute Gasteiger partial charge is 0.397 e. The van der Waals surface area contributed by atoms with Gasteiger partial charge in [-0.15, -0.1) is 0 Å². The smallest absolute Gasteiger partial charge is 0.248 e. The zero-order chi connectivity index (χ0) is 13.7. The van der Waals surface area contributed by atoms with E-state index >= 15 is 0 Å². The van der Waals surface area contributed by atoms with Gasteiger partial charge in [0.15, 0.2) is 0 Å². The second-order valence-electron chi connectivity index (χ2n) is 5.35. The predicted octanol–water partition coefficient (Wildman–Crippen LogP) is 2.89. The number of nitrogens with two attached hydrogens (primary N) is 2. The van der Waals surface area contributed by atoms with Gasteiger partial charge in [-0.1, -0.05) is 32.1 Å². The molecule has 0 spiro atoms. The number of nitrogen functional groups attached to an aromatic ring is 1. The second-order valence-corrected chi connectivity index (χ2v) is 5.35. The van der Waals surface area contributed by atoms with Crippen molar-refractivity contribution in [3.8, 4) is 0 Å². The van der Waals surface area contributed by atoms with Gasteiger partial charge in [-0.05, 0) is 31.0 Å². The summed E-state index contributed by atoms with van der Waals surface area (Å²) in [5, 5.41) is 3.48. The first-order chi connectivity index (χ1) is 9.16. The summed E-state index contributed by atoms with van der Waals surface area (Å²) in [5.41, 5.74) is 13.3. The van der Waals surface area contributed by atoms with E-state index in [1.165, 1.54) is 44.9 Å². The molecule has 0 bridgehead atoms. The number of hydrogen-bond donors (Lipinski definition) is 3. The van der Waals surface area contributed by atoms with Crippen LogP contribution in [0, 0.1) is 0 Å². The molecule has 2 rings (SSSR count). The molecule has 1 aliphatic rings. The van der Waals surface area contributed by atoms with Crippen LogP contribution in [0.4, 0.5) is 11.4 Å². The van der Waals surface area contributed by atoms with Gasteiger partial charge >= 0.3 is 0 Å². The number of nitrogens with one attached hydrogen (secondary N) is 1. The van der Waals surface area contributed by atoms with Gasteiger partial charge in [-0.3, -0.25) is 4.79 Å². The van der Waals surface area contributed by atoms with Crippen molar-refractivity contribution >= 4 is 17.3 Å². The molecule has 0 radical (unpaired) electrons. The third kappa shape index (κ3) is 3.88. The van der Waals surface area contributed by atoms with Crippen LogP contribution in [0.2, 0.25) is 0 Å².